The standard InChI is InChI=1S/C24H31NO2/c1-5-23(21-11-10-16(2)17(3)14-21)25-24(26)18(4)27-22-13-12-19-8-6-7-9-20(19)15-22/h10-15,18,23H,5-9H2,1-4H3,(H,25,26). The fourth-order valence-corrected chi connectivity index (χ4v) is 3.73. The highest BCUT2D eigenvalue weighted by molar-refractivity contribution is 5.81. The number of ether oxygens (including phenoxy) is 1. The Morgan fingerprint density at radius 3 is 2.48 bits per heavy atom. The summed E-state index contributed by atoms with van der Waals surface area (Å²) in [7, 11) is 0. The minimum atomic E-state index is -0.521. The van der Waals surface area contributed by atoms with E-state index < -0.39 is 6.10 Å². The first kappa shape index (κ1) is 19.5. The molecule has 0 fully saturated rings. The van der Waals surface area contributed by atoms with E-state index in [0.29, 0.717) is 0 Å². The number of fused-ring (bicyclic) bond motifs is 1. The number of carbonyl (C=O) groups excluding carboxylic acids is 1. The molecule has 1 aliphatic carbocycles. The summed E-state index contributed by atoms with van der Waals surface area (Å²) < 4.78 is 5.95. The second-order valence-electron chi connectivity index (χ2n) is 7.71. The third-order valence-corrected chi connectivity index (χ3v) is 5.66. The van der Waals surface area contributed by atoms with Crippen molar-refractivity contribution in [3.05, 3.63) is 64.2 Å². The number of rotatable bonds is 6. The molecule has 0 bridgehead atoms. The summed E-state index contributed by atoms with van der Waals surface area (Å²) in [6, 6.07) is 12.6. The Bertz CT molecular complexity index is 812. The maximum Gasteiger partial charge on any atom is 0.261 e. The molecule has 2 aromatic carbocycles. The van der Waals surface area contributed by atoms with E-state index >= 15 is 0 Å². The molecule has 1 N–H and O–H groups in total. The summed E-state index contributed by atoms with van der Waals surface area (Å²) in [6.07, 6.45) is 5.09. The van der Waals surface area contributed by atoms with Crippen molar-refractivity contribution in [2.24, 2.45) is 0 Å². The van der Waals surface area contributed by atoms with E-state index in [1.807, 2.05) is 13.0 Å². The zero-order valence-corrected chi connectivity index (χ0v) is 17.0. The molecule has 3 rings (SSSR count). The van der Waals surface area contributed by atoms with Crippen LogP contribution in [0.2, 0.25) is 0 Å². The molecule has 3 heteroatoms. The Balaban J connectivity index is 1.64. The van der Waals surface area contributed by atoms with Crippen molar-refractivity contribution in [1.82, 2.24) is 5.32 Å². The second kappa shape index (κ2) is 8.60. The van der Waals surface area contributed by atoms with Crippen molar-refractivity contribution in [1.29, 1.82) is 0 Å². The van der Waals surface area contributed by atoms with Gasteiger partial charge in [-0.2, -0.15) is 0 Å². The fraction of sp³-hybridized carbons (Fsp3) is 0.458. The Kier molecular flexibility index (Phi) is 6.20. The summed E-state index contributed by atoms with van der Waals surface area (Å²) in [6.45, 7) is 8.12. The number of hydrogen-bond donors (Lipinski definition) is 1. The largest absolute Gasteiger partial charge is 0.481 e. The van der Waals surface area contributed by atoms with E-state index in [-0.39, 0.29) is 11.9 Å². The van der Waals surface area contributed by atoms with Crippen LogP contribution in [0.5, 0.6) is 5.75 Å². The van der Waals surface area contributed by atoms with Gasteiger partial charge in [-0.15, -0.1) is 0 Å². The summed E-state index contributed by atoms with van der Waals surface area (Å²) in [4.78, 5) is 12.7. The van der Waals surface area contributed by atoms with Gasteiger partial charge >= 0.3 is 0 Å². The van der Waals surface area contributed by atoms with E-state index in [9.17, 15) is 4.79 Å². The van der Waals surface area contributed by atoms with E-state index in [2.05, 4.69) is 56.4 Å². The molecule has 0 heterocycles. The number of benzene rings is 2. The lowest BCUT2D eigenvalue weighted by molar-refractivity contribution is -0.128. The number of aryl methyl sites for hydroxylation is 4. The van der Waals surface area contributed by atoms with E-state index in [0.717, 1.165) is 30.6 Å². The van der Waals surface area contributed by atoms with Gasteiger partial charge in [0.05, 0.1) is 6.04 Å². The Labute approximate surface area is 163 Å². The van der Waals surface area contributed by atoms with Crippen molar-refractivity contribution in [2.75, 3.05) is 0 Å². The fourth-order valence-electron chi connectivity index (χ4n) is 3.73. The van der Waals surface area contributed by atoms with Gasteiger partial charge in [0, 0.05) is 0 Å². The van der Waals surface area contributed by atoms with Gasteiger partial charge in [-0.25, -0.2) is 0 Å². The molecule has 2 aromatic rings. The summed E-state index contributed by atoms with van der Waals surface area (Å²) in [5, 5.41) is 3.15. The highest BCUT2D eigenvalue weighted by Gasteiger charge is 2.20. The Morgan fingerprint density at radius 1 is 1.04 bits per heavy atom. The van der Waals surface area contributed by atoms with Gasteiger partial charge in [0.1, 0.15) is 5.75 Å². The van der Waals surface area contributed by atoms with Crippen molar-refractivity contribution in [3.63, 3.8) is 0 Å². The molecule has 144 valence electrons. The van der Waals surface area contributed by atoms with Gasteiger partial charge < -0.3 is 10.1 Å². The molecular formula is C24H31NO2. The second-order valence-corrected chi connectivity index (χ2v) is 7.71. The first-order valence-electron chi connectivity index (χ1n) is 10.1. The number of hydrogen-bond acceptors (Lipinski definition) is 2. The van der Waals surface area contributed by atoms with Crippen LogP contribution in [0.1, 0.15) is 67.0 Å². The zero-order valence-electron chi connectivity index (χ0n) is 17.0. The van der Waals surface area contributed by atoms with Gasteiger partial charge in [-0.05, 0) is 92.8 Å². The summed E-state index contributed by atoms with van der Waals surface area (Å²) >= 11 is 0. The van der Waals surface area contributed by atoms with Gasteiger partial charge in [0.2, 0.25) is 0 Å². The minimum Gasteiger partial charge on any atom is -0.481 e. The number of nitrogens with one attached hydrogen (secondary N) is 1. The molecule has 0 saturated heterocycles. The van der Waals surface area contributed by atoms with Gasteiger partial charge in [-0.3, -0.25) is 4.79 Å². The minimum absolute atomic E-state index is 0.00591. The first-order valence-corrected chi connectivity index (χ1v) is 10.1. The number of carbonyl (C=O) groups is 1. The number of amides is 1. The predicted molar refractivity (Wildman–Crippen MR) is 110 cm³/mol. The molecule has 27 heavy (non-hydrogen) atoms. The summed E-state index contributed by atoms with van der Waals surface area (Å²) in [5.41, 5.74) is 6.46. The third-order valence-electron chi connectivity index (χ3n) is 5.66. The maximum absolute atomic E-state index is 12.7. The lowest BCUT2D eigenvalue weighted by Gasteiger charge is -2.22. The molecule has 2 atom stereocenters. The molecule has 0 aliphatic heterocycles. The topological polar surface area (TPSA) is 38.3 Å². The maximum atomic E-state index is 12.7. The smallest absolute Gasteiger partial charge is 0.261 e. The van der Waals surface area contributed by atoms with Crippen LogP contribution < -0.4 is 10.1 Å². The van der Waals surface area contributed by atoms with Crippen LogP contribution >= 0.6 is 0 Å². The Morgan fingerprint density at radius 2 is 1.78 bits per heavy atom. The molecule has 1 amide bonds. The molecule has 0 spiro atoms. The van der Waals surface area contributed by atoms with Crippen molar-refractivity contribution < 1.29 is 9.53 Å². The van der Waals surface area contributed by atoms with E-state index in [1.54, 1.807) is 0 Å². The lowest BCUT2D eigenvalue weighted by Crippen LogP contribution is -2.38. The average Bonchev–Trinajstić information content (AvgIpc) is 2.68. The van der Waals surface area contributed by atoms with Gasteiger partial charge in [-0.1, -0.05) is 31.2 Å². The highest BCUT2D eigenvalue weighted by atomic mass is 16.5. The normalized spacial score (nSPS) is 15.6. The molecule has 0 aromatic heterocycles. The third kappa shape index (κ3) is 4.71. The van der Waals surface area contributed by atoms with Gasteiger partial charge in [0.25, 0.3) is 5.91 Å². The molecule has 2 unspecified atom stereocenters. The first-order chi connectivity index (χ1) is 13.0. The molecular weight excluding hydrogens is 334 g/mol. The quantitative estimate of drug-likeness (QED) is 0.762. The van der Waals surface area contributed by atoms with E-state index in [4.69, 9.17) is 4.74 Å². The van der Waals surface area contributed by atoms with Crippen molar-refractivity contribution in [2.45, 2.75) is 71.9 Å². The zero-order chi connectivity index (χ0) is 19.4. The van der Waals surface area contributed by atoms with Crippen molar-refractivity contribution in [3.8, 4) is 5.75 Å². The van der Waals surface area contributed by atoms with Crippen LogP contribution in [0.3, 0.4) is 0 Å². The van der Waals surface area contributed by atoms with E-state index in [1.165, 1.54) is 35.1 Å². The molecule has 1 aliphatic rings. The lowest BCUT2D eigenvalue weighted by atomic mass is 9.92. The predicted octanol–water partition coefficient (Wildman–Crippen LogP) is 5.22. The van der Waals surface area contributed by atoms with Crippen LogP contribution in [0, 0.1) is 13.8 Å². The van der Waals surface area contributed by atoms with Crippen LogP contribution in [-0.4, -0.2) is 12.0 Å². The Hall–Kier alpha value is -2.29. The van der Waals surface area contributed by atoms with Gasteiger partial charge in [0.15, 0.2) is 6.10 Å². The average molecular weight is 366 g/mol. The van der Waals surface area contributed by atoms with Crippen LogP contribution in [-0.2, 0) is 17.6 Å². The molecule has 3 nitrogen and oxygen atoms in total. The SMILES string of the molecule is CCC(NC(=O)C(C)Oc1ccc2c(c1)CCCC2)c1ccc(C)c(C)c1. The highest BCUT2D eigenvalue weighted by Crippen LogP contribution is 2.26. The van der Waals surface area contributed by atoms with Crippen molar-refractivity contribution >= 4 is 5.91 Å². The monoisotopic (exact) mass is 365 g/mol. The van der Waals surface area contributed by atoms with Crippen LogP contribution in [0.4, 0.5) is 0 Å². The van der Waals surface area contributed by atoms with Crippen LogP contribution in [0.25, 0.3) is 0 Å². The molecule has 0 saturated carbocycles. The molecule has 0 radical (unpaired) electrons. The van der Waals surface area contributed by atoms with Crippen LogP contribution in [0.15, 0.2) is 36.4 Å². The summed E-state index contributed by atoms with van der Waals surface area (Å²) in [5.74, 6) is 0.718.